The minimum atomic E-state index is -3.14. The summed E-state index contributed by atoms with van der Waals surface area (Å²) in [6.07, 6.45) is -1.90. The van der Waals surface area contributed by atoms with Gasteiger partial charge in [0.15, 0.2) is 5.54 Å². The largest absolute Gasteiger partial charge is 0.385 e. The minimum Gasteiger partial charge on any atom is -0.385 e. The number of benzene rings is 1. The number of amides is 1. The second kappa shape index (κ2) is 7.36. The Balaban J connectivity index is 1.99. The van der Waals surface area contributed by atoms with Gasteiger partial charge in [-0.25, -0.2) is 13.2 Å². The van der Waals surface area contributed by atoms with Crippen LogP contribution in [0.2, 0.25) is 0 Å². The highest BCUT2D eigenvalue weighted by atomic mass is 19.3. The number of hydrogen-bond donors (Lipinski definition) is 2. The van der Waals surface area contributed by atoms with Gasteiger partial charge in [-0.2, -0.15) is 0 Å². The number of nitrogens with zero attached hydrogens (tertiary/aromatic N) is 2. The fraction of sp³-hybridized carbons (Fsp3) is 0.278. The lowest BCUT2D eigenvalue weighted by molar-refractivity contribution is -0.0145. The van der Waals surface area contributed by atoms with E-state index in [0.29, 0.717) is 0 Å². The lowest BCUT2D eigenvalue weighted by Crippen LogP contribution is -2.45. The Kier molecular flexibility index (Phi) is 4.13. The number of nitrogens with one attached hydrogen (secondary N) is 1. The van der Waals surface area contributed by atoms with E-state index in [1.165, 1.54) is 18.3 Å². The van der Waals surface area contributed by atoms with Crippen LogP contribution in [0.15, 0.2) is 41.5 Å². The number of rotatable bonds is 4. The predicted octanol–water partition coefficient (Wildman–Crippen LogP) is 2.63. The highest BCUT2D eigenvalue weighted by Crippen LogP contribution is 2.38. The van der Waals surface area contributed by atoms with Crippen LogP contribution in [-0.4, -0.2) is 36.4 Å². The minimum absolute atomic E-state index is 0.0575. The third-order valence-electron chi connectivity index (χ3n) is 3.99. The Hall–Kier alpha value is -2.94. The number of aliphatic imine (C=N–C) groups is 1. The molecule has 1 aromatic heterocycles. The first-order valence-electron chi connectivity index (χ1n) is 9.31. The highest BCUT2D eigenvalue weighted by molar-refractivity contribution is 6.03. The van der Waals surface area contributed by atoms with Gasteiger partial charge in [-0.3, -0.25) is 14.8 Å². The molecule has 3 N–H and O–H groups in total. The Morgan fingerprint density at radius 2 is 2.26 bits per heavy atom. The van der Waals surface area contributed by atoms with Gasteiger partial charge in [0.25, 0.3) is 12.3 Å². The van der Waals surface area contributed by atoms with Crippen molar-refractivity contribution in [3.05, 3.63) is 59.2 Å². The SMILES string of the molecule is [2H]C([2H])([2H])c1cccnc1C(=O)Nc1ccc(F)c([C@]2(C(F)F)COCC(N)=N2)c1. The standard InChI is InChI=1S/C18H17F3N4O2/c1-10-3-2-6-23-15(10)16(26)24-11-4-5-13(19)12(7-11)18(17(20)21)9-27-8-14(22)25-18/h2-7,17H,8-9H2,1H3,(H2,22,25)(H,24,26)/t18-/m0/s1/i1D3. The summed E-state index contributed by atoms with van der Waals surface area (Å²) in [5.74, 6) is -2.10. The molecule has 0 aliphatic carbocycles. The molecule has 2 heterocycles. The van der Waals surface area contributed by atoms with E-state index in [1.54, 1.807) is 0 Å². The maximum absolute atomic E-state index is 14.5. The van der Waals surface area contributed by atoms with Crippen molar-refractivity contribution in [1.82, 2.24) is 4.98 Å². The molecule has 1 atom stereocenters. The normalized spacial score (nSPS) is 21.8. The fourth-order valence-corrected chi connectivity index (χ4v) is 2.71. The lowest BCUT2D eigenvalue weighted by Gasteiger charge is -2.33. The smallest absolute Gasteiger partial charge is 0.274 e. The maximum Gasteiger partial charge on any atom is 0.274 e. The molecule has 0 radical (unpaired) electrons. The molecule has 1 amide bonds. The summed E-state index contributed by atoms with van der Waals surface area (Å²) in [5, 5.41) is 2.36. The van der Waals surface area contributed by atoms with Gasteiger partial charge in [0.1, 0.15) is 24.0 Å². The number of hydrogen-bond acceptors (Lipinski definition) is 5. The van der Waals surface area contributed by atoms with Crippen molar-refractivity contribution in [2.24, 2.45) is 10.7 Å². The van der Waals surface area contributed by atoms with Gasteiger partial charge in [-0.15, -0.1) is 0 Å². The van der Waals surface area contributed by atoms with E-state index in [9.17, 15) is 18.0 Å². The Bertz CT molecular complexity index is 1000. The van der Waals surface area contributed by atoms with Crippen LogP contribution in [0.25, 0.3) is 0 Å². The molecule has 0 saturated heterocycles. The molecule has 1 aliphatic rings. The first-order valence-corrected chi connectivity index (χ1v) is 7.81. The van der Waals surface area contributed by atoms with Crippen LogP contribution in [0.1, 0.15) is 25.7 Å². The Morgan fingerprint density at radius 3 is 2.96 bits per heavy atom. The van der Waals surface area contributed by atoms with Crippen LogP contribution in [0.4, 0.5) is 18.9 Å². The molecule has 6 nitrogen and oxygen atoms in total. The fourth-order valence-electron chi connectivity index (χ4n) is 2.71. The predicted molar refractivity (Wildman–Crippen MR) is 93.5 cm³/mol. The Morgan fingerprint density at radius 1 is 1.44 bits per heavy atom. The molecule has 9 heteroatoms. The Labute approximate surface area is 157 Å². The van der Waals surface area contributed by atoms with Gasteiger partial charge in [0.05, 0.1) is 6.61 Å². The number of ether oxygens (including phenoxy) is 1. The first kappa shape index (κ1) is 15.2. The van der Waals surface area contributed by atoms with E-state index in [-0.39, 0.29) is 29.4 Å². The van der Waals surface area contributed by atoms with Crippen molar-refractivity contribution in [1.29, 1.82) is 0 Å². The van der Waals surface area contributed by atoms with Crippen molar-refractivity contribution in [2.45, 2.75) is 18.8 Å². The summed E-state index contributed by atoms with van der Waals surface area (Å²) in [6, 6.07) is 5.62. The number of nitrogens with two attached hydrogens (primary N) is 1. The molecule has 3 rings (SSSR count). The van der Waals surface area contributed by atoms with Crippen molar-refractivity contribution >= 4 is 17.4 Å². The molecule has 0 fully saturated rings. The number of aryl methyl sites for hydroxylation is 1. The zero-order valence-electron chi connectivity index (χ0n) is 16.9. The molecule has 0 spiro atoms. The number of carbonyl (C=O) groups is 1. The number of anilines is 1. The second-order valence-corrected chi connectivity index (χ2v) is 5.87. The number of amidine groups is 1. The second-order valence-electron chi connectivity index (χ2n) is 5.87. The van der Waals surface area contributed by atoms with Crippen molar-refractivity contribution in [3.63, 3.8) is 0 Å². The van der Waals surface area contributed by atoms with Crippen LogP contribution >= 0.6 is 0 Å². The molecule has 27 heavy (non-hydrogen) atoms. The number of aromatic nitrogens is 1. The van der Waals surface area contributed by atoms with Gasteiger partial charge in [0, 0.05) is 21.6 Å². The van der Waals surface area contributed by atoms with Crippen LogP contribution in [0.5, 0.6) is 0 Å². The molecule has 0 saturated carbocycles. The summed E-state index contributed by atoms with van der Waals surface area (Å²) >= 11 is 0. The third-order valence-corrected chi connectivity index (χ3v) is 3.99. The van der Waals surface area contributed by atoms with E-state index in [0.717, 1.165) is 18.2 Å². The van der Waals surface area contributed by atoms with E-state index in [2.05, 4.69) is 15.3 Å². The molecule has 0 unspecified atom stereocenters. The van der Waals surface area contributed by atoms with Gasteiger partial charge in [-0.1, -0.05) is 6.07 Å². The summed E-state index contributed by atoms with van der Waals surface area (Å²) in [6.45, 7) is -3.37. The topological polar surface area (TPSA) is 89.6 Å². The number of halogens is 3. The van der Waals surface area contributed by atoms with Crippen LogP contribution in [0, 0.1) is 12.7 Å². The van der Waals surface area contributed by atoms with Crippen LogP contribution in [0.3, 0.4) is 0 Å². The molecule has 0 bridgehead atoms. The van der Waals surface area contributed by atoms with Gasteiger partial charge >= 0.3 is 0 Å². The van der Waals surface area contributed by atoms with Crippen molar-refractivity contribution in [2.75, 3.05) is 18.5 Å². The molecular weight excluding hydrogens is 361 g/mol. The zero-order valence-corrected chi connectivity index (χ0v) is 13.9. The summed E-state index contributed by atoms with van der Waals surface area (Å²) in [4.78, 5) is 20.1. The lowest BCUT2D eigenvalue weighted by atomic mass is 9.90. The van der Waals surface area contributed by atoms with Gasteiger partial charge < -0.3 is 15.8 Å². The van der Waals surface area contributed by atoms with E-state index in [4.69, 9.17) is 14.6 Å². The van der Waals surface area contributed by atoms with Crippen molar-refractivity contribution in [3.8, 4) is 0 Å². The molecule has 2 aromatic rings. The van der Waals surface area contributed by atoms with E-state index < -0.39 is 42.7 Å². The molecule has 142 valence electrons. The van der Waals surface area contributed by atoms with Crippen LogP contribution in [-0.2, 0) is 10.3 Å². The van der Waals surface area contributed by atoms with E-state index in [1.807, 2.05) is 0 Å². The quantitative estimate of drug-likeness (QED) is 0.852. The summed E-state index contributed by atoms with van der Waals surface area (Å²) < 4.78 is 69.8. The first-order chi connectivity index (χ1) is 14.0. The molecule has 1 aromatic carbocycles. The number of alkyl halides is 2. The van der Waals surface area contributed by atoms with Crippen LogP contribution < -0.4 is 11.1 Å². The zero-order chi connectivity index (χ0) is 22.1. The van der Waals surface area contributed by atoms with E-state index >= 15 is 0 Å². The van der Waals surface area contributed by atoms with Crippen molar-refractivity contribution < 1.29 is 26.8 Å². The maximum atomic E-state index is 14.5. The molecule has 1 aliphatic heterocycles. The third kappa shape index (κ3) is 3.63. The summed E-state index contributed by atoms with van der Waals surface area (Å²) in [5.41, 5.74) is 1.93. The monoisotopic (exact) mass is 381 g/mol. The summed E-state index contributed by atoms with van der Waals surface area (Å²) in [7, 11) is 0. The highest BCUT2D eigenvalue weighted by Gasteiger charge is 2.46. The number of pyridine rings is 1. The van der Waals surface area contributed by atoms with Gasteiger partial charge in [0.2, 0.25) is 0 Å². The average Bonchev–Trinajstić information content (AvgIpc) is 2.68. The van der Waals surface area contributed by atoms with Gasteiger partial charge in [-0.05, 0) is 36.7 Å². The average molecular weight is 381 g/mol. The number of carbonyl (C=O) groups excluding carboxylic acids is 1. The molecular formula is C18H17F3N4O2.